The van der Waals surface area contributed by atoms with Crippen LogP contribution < -0.4 is 5.32 Å². The Kier molecular flexibility index (Phi) is 4.55. The Hall–Kier alpha value is -0.610. The van der Waals surface area contributed by atoms with Crippen LogP contribution in [0.2, 0.25) is 0 Å². The Morgan fingerprint density at radius 2 is 2.00 bits per heavy atom. The van der Waals surface area contributed by atoms with Crippen molar-refractivity contribution in [2.24, 2.45) is 5.41 Å². The third-order valence-electron chi connectivity index (χ3n) is 2.97. The molecule has 0 heterocycles. The van der Waals surface area contributed by atoms with Gasteiger partial charge >= 0.3 is 0 Å². The van der Waals surface area contributed by atoms with Crippen LogP contribution in [0.4, 0.5) is 0 Å². The first-order valence-electron chi connectivity index (χ1n) is 6.19. The van der Waals surface area contributed by atoms with E-state index in [2.05, 4.69) is 31.0 Å². The van der Waals surface area contributed by atoms with Crippen LogP contribution in [-0.2, 0) is 0 Å². The van der Waals surface area contributed by atoms with Gasteiger partial charge in [0.25, 0.3) is 0 Å². The maximum absolute atomic E-state index is 9.89. The molecular formula is C13H24N2OS. The largest absolute Gasteiger partial charge is 0.383 e. The lowest BCUT2D eigenvalue weighted by atomic mass is 9.90. The Labute approximate surface area is 110 Å². The van der Waals surface area contributed by atoms with Crippen LogP contribution in [0.1, 0.15) is 34.1 Å². The molecule has 1 aliphatic rings. The number of aliphatic hydroxyl groups is 1. The lowest BCUT2D eigenvalue weighted by molar-refractivity contribution is 0.201. The maximum Gasteiger partial charge on any atom is 0.133 e. The first-order valence-corrected chi connectivity index (χ1v) is 6.60. The fourth-order valence-electron chi connectivity index (χ4n) is 1.82. The summed E-state index contributed by atoms with van der Waals surface area (Å²) in [6.45, 7) is 10.5. The van der Waals surface area contributed by atoms with Crippen molar-refractivity contribution in [1.82, 2.24) is 10.2 Å². The molecule has 0 fully saturated rings. The maximum atomic E-state index is 9.89. The number of rotatable bonds is 5. The molecule has 1 aliphatic carbocycles. The van der Waals surface area contributed by atoms with Crippen LogP contribution in [0, 0.1) is 5.41 Å². The Bertz CT molecular complexity index is 331. The average molecular weight is 256 g/mol. The number of nitrogens with zero attached hydrogens (tertiary/aromatic N) is 1. The predicted octanol–water partition coefficient (Wildman–Crippen LogP) is 1.92. The zero-order valence-electron chi connectivity index (χ0n) is 11.5. The van der Waals surface area contributed by atoms with Gasteiger partial charge in [-0.2, -0.15) is 0 Å². The molecule has 0 radical (unpaired) electrons. The molecule has 3 nitrogen and oxygen atoms in total. The molecule has 0 aliphatic heterocycles. The second-order valence-electron chi connectivity index (χ2n) is 5.79. The molecule has 1 rings (SSSR count). The molecule has 0 bridgehead atoms. The minimum absolute atomic E-state index is 0.308. The molecule has 1 atom stereocenters. The smallest absolute Gasteiger partial charge is 0.133 e. The molecule has 0 aromatic rings. The van der Waals surface area contributed by atoms with E-state index in [0.29, 0.717) is 10.3 Å². The zero-order valence-corrected chi connectivity index (χ0v) is 12.3. The summed E-state index contributed by atoms with van der Waals surface area (Å²) in [7, 11) is 2.02. The standard InChI is InChI=1S/C13H24N2OS/c1-6-14-9-10(11(16)12(9)17)15(5)8-7-13(2,3)4/h11,14,16H,6-8H2,1-5H3. The summed E-state index contributed by atoms with van der Waals surface area (Å²) >= 11 is 5.15. The van der Waals surface area contributed by atoms with Gasteiger partial charge in [0.05, 0.1) is 16.3 Å². The third kappa shape index (κ3) is 3.42. The molecule has 98 valence electrons. The van der Waals surface area contributed by atoms with E-state index in [0.717, 1.165) is 30.9 Å². The van der Waals surface area contributed by atoms with Crippen molar-refractivity contribution in [3.05, 3.63) is 11.4 Å². The number of nitrogens with one attached hydrogen (secondary N) is 1. The molecule has 0 spiro atoms. The van der Waals surface area contributed by atoms with E-state index < -0.39 is 6.10 Å². The second-order valence-corrected chi connectivity index (χ2v) is 6.23. The summed E-state index contributed by atoms with van der Waals surface area (Å²) in [4.78, 5) is 2.76. The molecule has 1 unspecified atom stereocenters. The zero-order chi connectivity index (χ0) is 13.2. The highest BCUT2D eigenvalue weighted by Crippen LogP contribution is 2.28. The Morgan fingerprint density at radius 1 is 1.41 bits per heavy atom. The van der Waals surface area contributed by atoms with Gasteiger partial charge < -0.3 is 15.3 Å². The first-order chi connectivity index (χ1) is 7.78. The van der Waals surface area contributed by atoms with Gasteiger partial charge in [-0.05, 0) is 18.8 Å². The summed E-state index contributed by atoms with van der Waals surface area (Å²) in [5.41, 5.74) is 2.20. The number of aliphatic hydroxyl groups excluding tert-OH is 1. The molecule has 17 heavy (non-hydrogen) atoms. The van der Waals surface area contributed by atoms with E-state index in [1.54, 1.807) is 0 Å². The molecule has 0 amide bonds. The lowest BCUT2D eigenvalue weighted by Crippen LogP contribution is -2.48. The summed E-state index contributed by atoms with van der Waals surface area (Å²) in [5.74, 6) is 0. The normalized spacial score (nSPS) is 20.4. The van der Waals surface area contributed by atoms with E-state index in [1.165, 1.54) is 0 Å². The number of hydrogen-bond donors (Lipinski definition) is 2. The Morgan fingerprint density at radius 3 is 2.47 bits per heavy atom. The van der Waals surface area contributed by atoms with Crippen molar-refractivity contribution < 1.29 is 5.11 Å². The fourth-order valence-corrected chi connectivity index (χ4v) is 2.11. The molecule has 2 N–H and O–H groups in total. The van der Waals surface area contributed by atoms with Gasteiger partial charge in [-0.15, -0.1) is 0 Å². The van der Waals surface area contributed by atoms with Crippen molar-refractivity contribution in [3.63, 3.8) is 0 Å². The molecule has 0 aromatic carbocycles. The number of likely N-dealkylation sites (N-methyl/N-ethyl adjacent to an activating group) is 1. The SMILES string of the molecule is CCNC1=C(N(C)CCC(C)(C)C)C(O)C1=S. The topological polar surface area (TPSA) is 35.5 Å². The van der Waals surface area contributed by atoms with Crippen LogP contribution in [0.15, 0.2) is 11.4 Å². The van der Waals surface area contributed by atoms with Crippen LogP contribution in [0.5, 0.6) is 0 Å². The fraction of sp³-hybridized carbons (Fsp3) is 0.769. The lowest BCUT2D eigenvalue weighted by Gasteiger charge is -2.38. The molecule has 0 aromatic heterocycles. The first kappa shape index (κ1) is 14.5. The minimum Gasteiger partial charge on any atom is -0.383 e. The van der Waals surface area contributed by atoms with E-state index in [9.17, 15) is 5.11 Å². The van der Waals surface area contributed by atoms with E-state index in [1.807, 2.05) is 14.0 Å². The summed E-state index contributed by atoms with van der Waals surface area (Å²) in [5, 5.41) is 13.1. The number of thiocarbonyl (C=S) groups is 1. The second kappa shape index (κ2) is 5.36. The number of hydrogen-bond acceptors (Lipinski definition) is 4. The quantitative estimate of drug-likeness (QED) is 0.737. The van der Waals surface area contributed by atoms with Crippen molar-refractivity contribution in [3.8, 4) is 0 Å². The van der Waals surface area contributed by atoms with Crippen LogP contribution in [0.3, 0.4) is 0 Å². The van der Waals surface area contributed by atoms with E-state index in [-0.39, 0.29) is 0 Å². The highest BCUT2D eigenvalue weighted by Gasteiger charge is 2.36. The molecule has 0 saturated carbocycles. The third-order valence-corrected chi connectivity index (χ3v) is 3.40. The van der Waals surface area contributed by atoms with Crippen molar-refractivity contribution in [1.29, 1.82) is 0 Å². The summed E-state index contributed by atoms with van der Waals surface area (Å²) < 4.78 is 0. The summed E-state index contributed by atoms with van der Waals surface area (Å²) in [6, 6.07) is 0. The monoisotopic (exact) mass is 256 g/mol. The highest BCUT2D eigenvalue weighted by molar-refractivity contribution is 7.81. The van der Waals surface area contributed by atoms with E-state index >= 15 is 0 Å². The van der Waals surface area contributed by atoms with Crippen LogP contribution in [-0.4, -0.2) is 41.1 Å². The van der Waals surface area contributed by atoms with Gasteiger partial charge in [-0.1, -0.05) is 33.0 Å². The van der Waals surface area contributed by atoms with Crippen LogP contribution >= 0.6 is 12.2 Å². The van der Waals surface area contributed by atoms with Gasteiger partial charge in [0.2, 0.25) is 0 Å². The van der Waals surface area contributed by atoms with Crippen LogP contribution in [0.25, 0.3) is 0 Å². The van der Waals surface area contributed by atoms with Gasteiger partial charge in [-0.3, -0.25) is 0 Å². The van der Waals surface area contributed by atoms with Crippen molar-refractivity contribution >= 4 is 17.1 Å². The van der Waals surface area contributed by atoms with Gasteiger partial charge in [0.15, 0.2) is 0 Å². The summed E-state index contributed by atoms with van der Waals surface area (Å²) in [6.07, 6.45) is 0.523. The van der Waals surface area contributed by atoms with Crippen molar-refractivity contribution in [2.75, 3.05) is 20.1 Å². The average Bonchev–Trinajstić information content (AvgIpc) is 2.24. The van der Waals surface area contributed by atoms with Gasteiger partial charge in [-0.25, -0.2) is 0 Å². The minimum atomic E-state index is -0.566. The van der Waals surface area contributed by atoms with Crippen molar-refractivity contribution in [2.45, 2.75) is 40.2 Å². The molecule has 4 heteroatoms. The highest BCUT2D eigenvalue weighted by atomic mass is 32.1. The predicted molar refractivity (Wildman–Crippen MR) is 76.0 cm³/mol. The molecular weight excluding hydrogens is 232 g/mol. The Balaban J connectivity index is 2.67. The van der Waals surface area contributed by atoms with Gasteiger partial charge in [0.1, 0.15) is 6.10 Å². The van der Waals surface area contributed by atoms with Gasteiger partial charge in [0, 0.05) is 20.1 Å². The van der Waals surface area contributed by atoms with E-state index in [4.69, 9.17) is 12.2 Å². The molecule has 0 saturated heterocycles.